The van der Waals surface area contributed by atoms with Crippen molar-refractivity contribution in [3.63, 3.8) is 0 Å². The van der Waals surface area contributed by atoms with Crippen LogP contribution in [0.3, 0.4) is 0 Å². The Labute approximate surface area is 87.5 Å². The van der Waals surface area contributed by atoms with Gasteiger partial charge in [-0.1, -0.05) is 0 Å². The van der Waals surface area contributed by atoms with Gasteiger partial charge in [0, 0.05) is 4.47 Å². The highest BCUT2D eigenvalue weighted by atomic mass is 127. The first-order valence-electron chi connectivity index (χ1n) is 1.80. The molecule has 0 aliphatic carbocycles. The number of hydrogen-bond acceptors (Lipinski definition) is 1. The summed E-state index contributed by atoms with van der Waals surface area (Å²) in [4.78, 5) is 0. The molecule has 0 aliphatic rings. The smallest absolute Gasteiger partial charge is 0.0806 e. The second kappa shape index (κ2) is 3.16. The van der Waals surface area contributed by atoms with E-state index >= 15 is 0 Å². The molecule has 0 spiro atoms. The van der Waals surface area contributed by atoms with E-state index < -0.39 is 0 Å². The molecule has 1 rings (SSSR count). The van der Waals surface area contributed by atoms with Crippen LogP contribution in [0.15, 0.2) is 10.5 Å². The van der Waals surface area contributed by atoms with Crippen molar-refractivity contribution in [2.45, 2.75) is 0 Å². The number of hydrogen-bond donors (Lipinski definition) is 0. The second-order valence-corrected chi connectivity index (χ2v) is 6.78. The van der Waals surface area contributed by atoms with E-state index in [-0.39, 0.29) is 0 Å². The summed E-state index contributed by atoms with van der Waals surface area (Å²) in [6.45, 7) is 0. The van der Waals surface area contributed by atoms with Gasteiger partial charge in [0.05, 0.1) is 5.77 Å². The topological polar surface area (TPSA) is 0 Å². The lowest BCUT2D eigenvalue weighted by Gasteiger charge is -1.74. The van der Waals surface area contributed by atoms with Crippen LogP contribution in [0.1, 0.15) is 0 Å². The van der Waals surface area contributed by atoms with Crippen LogP contribution in [0, 0.1) is 5.77 Å². The monoisotopic (exact) mass is 414 g/mol. The highest BCUT2D eigenvalue weighted by Crippen LogP contribution is 2.29. The van der Waals surface area contributed by atoms with Gasteiger partial charge in [0.25, 0.3) is 0 Å². The minimum atomic E-state index is 1.22. The molecule has 0 atom stereocenters. The van der Waals surface area contributed by atoms with E-state index in [0.717, 1.165) is 0 Å². The molecule has 1 aromatic heterocycles. The van der Waals surface area contributed by atoms with Crippen LogP contribution in [0.25, 0.3) is 0 Å². The van der Waals surface area contributed by atoms with Crippen molar-refractivity contribution in [3.8, 4) is 0 Å². The summed E-state index contributed by atoms with van der Waals surface area (Å²) in [6, 6.07) is 2.12. The molecule has 0 saturated heterocycles. The van der Waals surface area contributed by atoms with E-state index in [1.165, 1.54) is 10.2 Å². The molecule has 0 aromatic carbocycles. The molecular formula is C4HBrI2S. The van der Waals surface area contributed by atoms with Crippen molar-refractivity contribution in [2.24, 2.45) is 0 Å². The molecule has 8 heavy (non-hydrogen) atoms. The zero-order valence-electron chi connectivity index (χ0n) is 3.62. The van der Waals surface area contributed by atoms with E-state index in [0.29, 0.717) is 0 Å². The fraction of sp³-hybridized carbons (Fsp3) is 0. The molecule has 0 aliphatic heterocycles. The lowest BCUT2D eigenvalue weighted by Crippen LogP contribution is -1.51. The summed E-state index contributed by atoms with van der Waals surface area (Å²) >= 11 is 9.83. The van der Waals surface area contributed by atoms with Crippen LogP contribution >= 0.6 is 72.4 Å². The summed E-state index contributed by atoms with van der Waals surface area (Å²) in [7, 11) is 0. The SMILES string of the molecule is Brc1cc(I)sc1I. The van der Waals surface area contributed by atoms with Gasteiger partial charge >= 0.3 is 0 Å². The minimum Gasteiger partial charge on any atom is -0.122 e. The molecule has 0 fully saturated rings. The predicted molar refractivity (Wildman–Crippen MR) is 57.5 cm³/mol. The van der Waals surface area contributed by atoms with Gasteiger partial charge in [0.15, 0.2) is 0 Å². The lowest BCUT2D eigenvalue weighted by atomic mass is 10.7. The van der Waals surface area contributed by atoms with Crippen LogP contribution < -0.4 is 0 Å². The molecule has 0 unspecified atom stereocenters. The van der Waals surface area contributed by atoms with Crippen LogP contribution in [-0.4, -0.2) is 0 Å². The fourth-order valence-electron chi connectivity index (χ4n) is 0.320. The third-order valence-corrected chi connectivity index (χ3v) is 5.17. The average Bonchev–Trinajstić information content (AvgIpc) is 1.85. The van der Waals surface area contributed by atoms with Gasteiger partial charge in [-0.25, -0.2) is 0 Å². The maximum atomic E-state index is 3.41. The maximum absolute atomic E-state index is 3.41. The van der Waals surface area contributed by atoms with Gasteiger partial charge in [-0.05, 0) is 67.2 Å². The Kier molecular flexibility index (Phi) is 3.06. The Bertz CT molecular complexity index is 176. The second-order valence-electron chi connectivity index (χ2n) is 1.17. The molecule has 44 valence electrons. The summed E-state index contributed by atoms with van der Waals surface area (Å²) in [5, 5.41) is 0. The molecule has 1 aromatic rings. The fourth-order valence-corrected chi connectivity index (χ4v) is 4.98. The largest absolute Gasteiger partial charge is 0.122 e. The third kappa shape index (κ3) is 1.81. The molecule has 1 heterocycles. The number of halogens is 3. The molecule has 0 N–H and O–H groups in total. The summed E-state index contributed by atoms with van der Waals surface area (Å²) in [6.07, 6.45) is 0. The Morgan fingerprint density at radius 3 is 2.25 bits per heavy atom. The van der Waals surface area contributed by atoms with E-state index in [1.54, 1.807) is 11.3 Å². The van der Waals surface area contributed by atoms with Gasteiger partial charge in [-0.3, -0.25) is 0 Å². The standard InChI is InChI=1S/C4HBrI2S/c5-2-1-3(6)8-4(2)7/h1H. The normalized spacial score (nSPS) is 9.88. The molecule has 0 radical (unpaired) electrons. The lowest BCUT2D eigenvalue weighted by molar-refractivity contribution is 1.81. The first kappa shape index (κ1) is 7.74. The molecular weight excluding hydrogens is 414 g/mol. The Hall–Kier alpha value is 1.64. The van der Waals surface area contributed by atoms with Crippen molar-refractivity contribution in [2.75, 3.05) is 0 Å². The molecule has 0 saturated carbocycles. The van der Waals surface area contributed by atoms with E-state index in [2.05, 4.69) is 67.2 Å². The maximum Gasteiger partial charge on any atom is 0.0806 e. The van der Waals surface area contributed by atoms with Crippen molar-refractivity contribution in [3.05, 3.63) is 16.3 Å². The van der Waals surface area contributed by atoms with Crippen molar-refractivity contribution < 1.29 is 0 Å². The zero-order valence-corrected chi connectivity index (χ0v) is 10.3. The molecule has 4 heteroatoms. The van der Waals surface area contributed by atoms with Crippen molar-refractivity contribution in [1.82, 2.24) is 0 Å². The number of rotatable bonds is 0. The Balaban J connectivity index is 3.14. The van der Waals surface area contributed by atoms with Gasteiger partial charge in [-0.15, -0.1) is 11.3 Å². The first-order chi connectivity index (χ1) is 3.70. The minimum absolute atomic E-state index is 1.22. The van der Waals surface area contributed by atoms with Crippen LogP contribution in [0.5, 0.6) is 0 Å². The average molecular weight is 415 g/mol. The van der Waals surface area contributed by atoms with Gasteiger partial charge in [0.2, 0.25) is 0 Å². The highest BCUT2D eigenvalue weighted by Gasteiger charge is 1.98. The van der Waals surface area contributed by atoms with E-state index in [4.69, 9.17) is 0 Å². The van der Waals surface area contributed by atoms with Gasteiger partial charge in [-0.2, -0.15) is 0 Å². The Morgan fingerprint density at radius 1 is 1.50 bits per heavy atom. The van der Waals surface area contributed by atoms with Gasteiger partial charge < -0.3 is 0 Å². The van der Waals surface area contributed by atoms with Crippen LogP contribution in [0.4, 0.5) is 0 Å². The predicted octanol–water partition coefficient (Wildman–Crippen LogP) is 3.72. The molecule has 0 amide bonds. The Morgan fingerprint density at radius 2 is 2.12 bits per heavy atom. The zero-order chi connectivity index (χ0) is 6.15. The number of thiophene rings is 1. The summed E-state index contributed by atoms with van der Waals surface area (Å²) in [5.74, 6) is 0. The molecule has 0 nitrogen and oxygen atoms in total. The van der Waals surface area contributed by atoms with Gasteiger partial charge in [0.1, 0.15) is 0 Å². The molecule has 0 bridgehead atoms. The summed E-state index contributed by atoms with van der Waals surface area (Å²) in [5.41, 5.74) is 0. The van der Waals surface area contributed by atoms with Crippen molar-refractivity contribution in [1.29, 1.82) is 0 Å². The van der Waals surface area contributed by atoms with Crippen LogP contribution in [0.2, 0.25) is 0 Å². The highest BCUT2D eigenvalue weighted by molar-refractivity contribution is 14.1. The quantitative estimate of drug-likeness (QED) is 0.568. The third-order valence-electron chi connectivity index (χ3n) is 0.615. The summed E-state index contributed by atoms with van der Waals surface area (Å²) < 4.78 is 3.87. The van der Waals surface area contributed by atoms with E-state index in [1.807, 2.05) is 0 Å². The first-order valence-corrected chi connectivity index (χ1v) is 5.57. The van der Waals surface area contributed by atoms with Crippen LogP contribution in [-0.2, 0) is 0 Å². The van der Waals surface area contributed by atoms with E-state index in [9.17, 15) is 0 Å². The van der Waals surface area contributed by atoms with Crippen molar-refractivity contribution >= 4 is 72.4 Å².